The highest BCUT2D eigenvalue weighted by Crippen LogP contribution is 2.35. The van der Waals surface area contributed by atoms with E-state index >= 15 is 0 Å². The Hall–Kier alpha value is -3.26. The van der Waals surface area contributed by atoms with Crippen LogP contribution in [0.3, 0.4) is 0 Å². The second kappa shape index (κ2) is 9.41. The molecule has 2 aliphatic rings. The summed E-state index contributed by atoms with van der Waals surface area (Å²) in [4.78, 5) is 27.8. The van der Waals surface area contributed by atoms with Crippen LogP contribution in [0.15, 0.2) is 48.9 Å². The minimum absolute atomic E-state index is 0.0166. The fraction of sp³-hybridized carbons (Fsp3) is 0.481. The van der Waals surface area contributed by atoms with E-state index in [2.05, 4.69) is 77.5 Å². The Morgan fingerprint density at radius 3 is 2.74 bits per heavy atom. The quantitative estimate of drug-likeness (QED) is 0.589. The van der Waals surface area contributed by atoms with Gasteiger partial charge >= 0.3 is 0 Å². The Bertz CT molecular complexity index is 1160. The summed E-state index contributed by atoms with van der Waals surface area (Å²) >= 11 is 0. The molecule has 8 heteroatoms. The molecule has 0 spiro atoms. The molecule has 5 rings (SSSR count). The Balaban J connectivity index is 1.37. The van der Waals surface area contributed by atoms with E-state index in [-0.39, 0.29) is 29.3 Å². The fourth-order valence-corrected chi connectivity index (χ4v) is 5.46. The lowest BCUT2D eigenvalue weighted by molar-refractivity contribution is -0.141. The average Bonchev–Trinajstić information content (AvgIpc) is 3.40. The molecule has 0 saturated carbocycles. The number of rotatable bonds is 5. The number of aromatic nitrogens is 4. The second-order valence-electron chi connectivity index (χ2n) is 10.6. The summed E-state index contributed by atoms with van der Waals surface area (Å²) < 4.78 is 0. The maximum atomic E-state index is 14.0. The Labute approximate surface area is 207 Å². The predicted octanol–water partition coefficient (Wildman–Crippen LogP) is 3.56. The van der Waals surface area contributed by atoms with Gasteiger partial charge in [-0.2, -0.15) is 5.10 Å². The van der Waals surface area contributed by atoms with Gasteiger partial charge in [0, 0.05) is 42.4 Å². The van der Waals surface area contributed by atoms with Crippen LogP contribution >= 0.6 is 0 Å². The molecule has 3 atom stereocenters. The monoisotopic (exact) mass is 473 g/mol. The van der Waals surface area contributed by atoms with Crippen LogP contribution in [0.25, 0.3) is 0 Å². The largest absolute Gasteiger partial charge is 0.345 e. The van der Waals surface area contributed by atoms with Crippen LogP contribution in [-0.2, 0) is 23.3 Å². The van der Waals surface area contributed by atoms with Crippen LogP contribution in [-0.4, -0.2) is 62.1 Å². The number of benzene rings is 1. The fourth-order valence-electron chi connectivity index (χ4n) is 5.46. The molecule has 0 unspecified atom stereocenters. The van der Waals surface area contributed by atoms with Gasteiger partial charge in [-0.25, -0.2) is 9.97 Å². The number of nitrogens with one attached hydrogen (secondary N) is 2. The number of hydrogen-bond acceptors (Lipinski definition) is 6. The van der Waals surface area contributed by atoms with E-state index in [9.17, 15) is 4.79 Å². The zero-order valence-electron chi connectivity index (χ0n) is 21.0. The van der Waals surface area contributed by atoms with Crippen molar-refractivity contribution in [2.45, 2.75) is 57.7 Å². The van der Waals surface area contributed by atoms with Crippen molar-refractivity contribution in [2.75, 3.05) is 25.5 Å². The molecule has 0 aliphatic carbocycles. The maximum absolute atomic E-state index is 14.0. The number of piperidine rings is 1. The lowest BCUT2D eigenvalue weighted by Crippen LogP contribution is -2.50. The SMILES string of the molecule is C[C@@H]1Cc2cnc(NC(C)(C)c3cn[nH]c3)nc2CN1C(=O)[C@H]1CCN(C)C[C@@H]1c1ccccc1. The average molecular weight is 474 g/mol. The van der Waals surface area contributed by atoms with E-state index in [1.54, 1.807) is 6.20 Å². The highest BCUT2D eigenvalue weighted by atomic mass is 16.2. The summed E-state index contributed by atoms with van der Waals surface area (Å²) in [6, 6.07) is 10.6. The van der Waals surface area contributed by atoms with Crippen molar-refractivity contribution in [3.63, 3.8) is 0 Å². The highest BCUT2D eigenvalue weighted by molar-refractivity contribution is 5.80. The van der Waals surface area contributed by atoms with Crippen molar-refractivity contribution in [2.24, 2.45) is 5.92 Å². The van der Waals surface area contributed by atoms with Crippen molar-refractivity contribution >= 4 is 11.9 Å². The highest BCUT2D eigenvalue weighted by Gasteiger charge is 2.39. The first-order chi connectivity index (χ1) is 16.8. The van der Waals surface area contributed by atoms with Gasteiger partial charge in [-0.1, -0.05) is 30.3 Å². The standard InChI is InChI=1S/C27H35N7O/c1-18-12-20-13-28-26(32-27(2,3)21-14-29-30-15-21)31-24(20)17-34(18)25(35)22-10-11-33(4)16-23(22)19-8-6-5-7-9-19/h5-9,13-15,18,22-23H,10-12,16-17H2,1-4H3,(H,29,30)(H,28,31,32)/t18-,22+,23-/m1/s1. The van der Waals surface area contributed by atoms with Gasteiger partial charge < -0.3 is 15.1 Å². The minimum Gasteiger partial charge on any atom is -0.345 e. The van der Waals surface area contributed by atoms with E-state index < -0.39 is 0 Å². The summed E-state index contributed by atoms with van der Waals surface area (Å²) in [6.45, 7) is 8.65. The molecule has 4 heterocycles. The minimum atomic E-state index is -0.379. The van der Waals surface area contributed by atoms with Crippen molar-refractivity contribution in [3.05, 3.63) is 71.3 Å². The second-order valence-corrected chi connectivity index (χ2v) is 10.6. The third kappa shape index (κ3) is 4.80. The number of carbonyl (C=O) groups is 1. The number of carbonyl (C=O) groups excluding carboxylic acids is 1. The number of aromatic amines is 1. The van der Waals surface area contributed by atoms with Crippen molar-refractivity contribution in [1.82, 2.24) is 30.0 Å². The van der Waals surface area contributed by atoms with Gasteiger partial charge in [-0.15, -0.1) is 0 Å². The number of H-pyrrole nitrogens is 1. The molecule has 2 N–H and O–H groups in total. The smallest absolute Gasteiger partial charge is 0.227 e. The molecule has 35 heavy (non-hydrogen) atoms. The van der Waals surface area contributed by atoms with E-state index in [0.29, 0.717) is 12.5 Å². The molecule has 0 bridgehead atoms. The Kier molecular flexibility index (Phi) is 6.32. The molecule has 1 fully saturated rings. The molecule has 1 amide bonds. The summed E-state index contributed by atoms with van der Waals surface area (Å²) in [6.07, 6.45) is 7.24. The zero-order chi connectivity index (χ0) is 24.6. The zero-order valence-corrected chi connectivity index (χ0v) is 21.0. The van der Waals surface area contributed by atoms with Gasteiger partial charge in [0.1, 0.15) is 0 Å². The lowest BCUT2D eigenvalue weighted by atomic mass is 9.79. The van der Waals surface area contributed by atoms with E-state index in [1.807, 2.05) is 23.4 Å². The molecule has 0 radical (unpaired) electrons. The van der Waals surface area contributed by atoms with Gasteiger partial charge in [0.15, 0.2) is 0 Å². The number of likely N-dealkylation sites (N-methyl/N-ethyl adjacent to an activating group) is 1. The molecule has 1 aromatic carbocycles. The lowest BCUT2D eigenvalue weighted by Gasteiger charge is -2.42. The molecule has 1 saturated heterocycles. The summed E-state index contributed by atoms with van der Waals surface area (Å²) in [5, 5.41) is 10.4. The maximum Gasteiger partial charge on any atom is 0.227 e. The van der Waals surface area contributed by atoms with Crippen LogP contribution in [0.5, 0.6) is 0 Å². The van der Waals surface area contributed by atoms with Crippen molar-refractivity contribution < 1.29 is 4.79 Å². The van der Waals surface area contributed by atoms with Crippen LogP contribution in [0, 0.1) is 5.92 Å². The first-order valence-electron chi connectivity index (χ1n) is 12.5. The summed E-state index contributed by atoms with van der Waals surface area (Å²) in [7, 11) is 2.15. The Morgan fingerprint density at radius 1 is 1.20 bits per heavy atom. The molecule has 8 nitrogen and oxygen atoms in total. The normalized spacial score (nSPS) is 23.1. The molecule has 2 aliphatic heterocycles. The number of likely N-dealkylation sites (tertiary alicyclic amines) is 1. The van der Waals surface area contributed by atoms with Gasteiger partial charge in [-0.05, 0) is 58.3 Å². The molecular formula is C27H35N7O. The third-order valence-electron chi connectivity index (χ3n) is 7.61. The third-order valence-corrected chi connectivity index (χ3v) is 7.61. The van der Waals surface area contributed by atoms with E-state index in [4.69, 9.17) is 4.98 Å². The van der Waals surface area contributed by atoms with Gasteiger partial charge in [0.2, 0.25) is 11.9 Å². The predicted molar refractivity (Wildman–Crippen MR) is 136 cm³/mol. The Morgan fingerprint density at radius 2 is 2.00 bits per heavy atom. The summed E-state index contributed by atoms with van der Waals surface area (Å²) in [5.74, 6) is 1.00. The molecule has 3 aromatic rings. The van der Waals surface area contributed by atoms with Gasteiger partial charge in [0.25, 0.3) is 0 Å². The summed E-state index contributed by atoms with van der Waals surface area (Å²) in [5.41, 5.74) is 3.95. The van der Waals surface area contributed by atoms with Crippen molar-refractivity contribution in [1.29, 1.82) is 0 Å². The van der Waals surface area contributed by atoms with Crippen LogP contribution in [0.4, 0.5) is 5.95 Å². The molecular weight excluding hydrogens is 438 g/mol. The number of hydrogen-bond donors (Lipinski definition) is 2. The first kappa shape index (κ1) is 23.5. The number of nitrogens with zero attached hydrogens (tertiary/aromatic N) is 5. The number of anilines is 1. The van der Waals surface area contributed by atoms with Gasteiger partial charge in [0.05, 0.1) is 24.0 Å². The van der Waals surface area contributed by atoms with E-state index in [1.165, 1.54) is 5.56 Å². The molecule has 2 aromatic heterocycles. The van der Waals surface area contributed by atoms with Crippen molar-refractivity contribution in [3.8, 4) is 0 Å². The van der Waals surface area contributed by atoms with E-state index in [0.717, 1.165) is 42.8 Å². The first-order valence-corrected chi connectivity index (χ1v) is 12.5. The number of amides is 1. The van der Waals surface area contributed by atoms with Crippen LogP contribution in [0.1, 0.15) is 55.5 Å². The van der Waals surface area contributed by atoms with Gasteiger partial charge in [-0.3, -0.25) is 9.89 Å². The van der Waals surface area contributed by atoms with Crippen LogP contribution in [0.2, 0.25) is 0 Å². The molecule has 184 valence electrons. The number of fused-ring (bicyclic) bond motifs is 1. The van der Waals surface area contributed by atoms with Crippen LogP contribution < -0.4 is 5.32 Å². The topological polar surface area (TPSA) is 90.0 Å².